The van der Waals surface area contributed by atoms with E-state index in [9.17, 15) is 43.2 Å². The van der Waals surface area contributed by atoms with Crippen molar-refractivity contribution >= 4 is 75.6 Å². The van der Waals surface area contributed by atoms with Crippen molar-refractivity contribution in [1.29, 1.82) is 0 Å². The Morgan fingerprint density at radius 2 is 0.803 bits per heavy atom. The molecule has 6 aliphatic carbocycles. The van der Waals surface area contributed by atoms with Crippen molar-refractivity contribution in [2.75, 3.05) is 41.5 Å². The highest BCUT2D eigenvalue weighted by Crippen LogP contribution is 2.61. The number of fused-ring (bicyclic) bond motifs is 6. The fraction of sp³-hybridized carbons (Fsp3) is 0.480. The Balaban J connectivity index is 0.000000157. The summed E-state index contributed by atoms with van der Waals surface area (Å²) in [5.74, 6) is 1.87. The van der Waals surface area contributed by atoms with E-state index in [0.29, 0.717) is 18.4 Å². The number of aromatic nitrogens is 8. The standard InChI is InChI=1S/C48H54N8O6.C46H53N7O5.C8H12O4/c1-26(2)39(53-46(59)61-3)45(58)56-35-16-15-34(21-35)41(56)43-50-24-37(52-43)33-14-13-31-19-30(11-12-32(31)20-33)27-5-7-28(8-6-27)36-23-49-42(51-36)38-22-48(17-18-48)25-55(38)44(57)40(29-9-10-29)54-47(60)62-4;1-26(2)38(51-43(55)57-6)42(54)53-34-16-15-33(21-34)39(53)41-48-24-36(50-41)32-14-13-30-19-29(11-12-31(30)20-32)27-7-9-28(10-8-27)35-23-47-40(49-35)37-22-46(17-18-46)25-52(37)44(56)58-45(3,4)5;1-12-7(9)4-6(8(10)11)5-2-3-5/h5-8,11-14,19-20,23-24,26,29,34-35,38-41H,9-10,15-18,21-22,25H2,1-4H3,(H,49,51)(H,50,52)(H,53,59)(H,54,60);7-14,19-20,23-24,26,33-34,37-39H,15-18,21-22,25H2,1-6H3,(H,47,49)(H,48,50)(H,51,55);5-6H,2-4H2,1H3,(H,10,11)/t34-,35+,38-,39-,40-,41-;33-,34+,37-,38-,39-;6-/m000/s1. The largest absolute Gasteiger partial charge is 0.481 e. The highest BCUT2D eigenvalue weighted by molar-refractivity contribution is 5.94. The normalized spacial score (nSPS) is 22.5. The summed E-state index contributed by atoms with van der Waals surface area (Å²) in [7, 11) is 5.22. The number of benzene rings is 6. The summed E-state index contributed by atoms with van der Waals surface area (Å²) in [6.45, 7) is 14.9. The third kappa shape index (κ3) is 18.8. The molecule has 8 N–H and O–H groups in total. The van der Waals surface area contributed by atoms with E-state index in [4.69, 9.17) is 44.0 Å². The molecule has 30 heteroatoms. The lowest BCUT2D eigenvalue weighted by atomic mass is 9.95. The fourth-order valence-electron chi connectivity index (χ4n) is 21.3. The van der Waals surface area contributed by atoms with Crippen molar-refractivity contribution < 1.29 is 71.9 Å². The Kier molecular flexibility index (Phi) is 24.7. The van der Waals surface area contributed by atoms with E-state index in [-0.39, 0.29) is 101 Å². The van der Waals surface area contributed by atoms with Crippen LogP contribution in [0.15, 0.2) is 146 Å². The second kappa shape index (κ2) is 36.3. The predicted molar refractivity (Wildman–Crippen MR) is 494 cm³/mol. The number of hydrogen-bond donors (Lipinski definition) is 8. The van der Waals surface area contributed by atoms with Crippen molar-refractivity contribution in [2.24, 2.45) is 52.3 Å². The molecule has 692 valence electrons. The highest BCUT2D eigenvalue weighted by Gasteiger charge is 2.59. The minimum Gasteiger partial charge on any atom is -0.481 e. The summed E-state index contributed by atoms with van der Waals surface area (Å²) >= 11 is 0. The van der Waals surface area contributed by atoms with Gasteiger partial charge in [0.2, 0.25) is 17.7 Å². The second-order valence-corrected chi connectivity index (χ2v) is 40.0. The monoisotopic (exact) mass is 1790 g/mol. The van der Waals surface area contributed by atoms with Crippen molar-refractivity contribution in [3.05, 3.63) is 169 Å². The zero-order valence-electron chi connectivity index (χ0n) is 76.8. The minimum atomic E-state index is -0.886. The van der Waals surface area contributed by atoms with Gasteiger partial charge in [0.25, 0.3) is 0 Å². The van der Waals surface area contributed by atoms with Crippen LogP contribution in [0.1, 0.15) is 205 Å². The quantitative estimate of drug-likeness (QED) is 0.0218. The fourth-order valence-corrected chi connectivity index (χ4v) is 21.3. The third-order valence-corrected chi connectivity index (χ3v) is 29.2. The third-order valence-electron chi connectivity index (χ3n) is 29.2. The SMILES string of the molecule is COC(=O)C[C@H](C(=O)O)C1CC1.COC(=O)N[C@H](C(=O)N1[C@@H]2CC[C@@H](C2)[C@H]1c1ncc(-c2ccc3cc(-c4ccc(-c5cnc([C@@H]6CC7(CC7)CN6C(=O)OC(C)(C)C)[nH]5)cc4)ccc3c2)[nH]1)C(C)C.COC(=O)N[C@H](C(=O)N1[C@@H]2CC[C@@H](C2)[C@H]1c1ncc(-c2ccc3cc(-c4ccc(-c5cnc([C@@H]6CC7(CC7)CN6C(=O)[C@@H](NC(=O)OC)C6CC6)[nH]5)cc4)ccc3c2)[nH]1)C(C)C. The molecule has 7 amide bonds. The number of nitrogens with zero attached hydrogens (tertiary/aromatic N) is 8. The molecule has 10 aliphatic rings. The molecule has 0 radical (unpaired) electrons. The number of piperidine rings is 2. The van der Waals surface area contributed by atoms with Crippen LogP contribution in [-0.2, 0) is 47.7 Å². The summed E-state index contributed by atoms with van der Waals surface area (Å²) in [5, 5.41) is 21.5. The Labute approximate surface area is 767 Å². The first-order chi connectivity index (χ1) is 63.4. The van der Waals surface area contributed by atoms with Gasteiger partial charge in [0.15, 0.2) is 0 Å². The molecule has 132 heavy (non-hydrogen) atoms. The van der Waals surface area contributed by atoms with Crippen molar-refractivity contribution in [1.82, 2.24) is 75.4 Å². The Morgan fingerprint density at radius 3 is 1.19 bits per heavy atom. The number of amides is 7. The minimum absolute atomic E-state index is 0.0104. The van der Waals surface area contributed by atoms with Crippen molar-refractivity contribution in [3.8, 4) is 67.3 Å². The molecule has 30 nitrogen and oxygen atoms in total. The number of carboxylic acids is 1. The van der Waals surface area contributed by atoms with E-state index < -0.39 is 59.9 Å². The molecule has 4 bridgehead atoms. The average Bonchev–Trinajstić information content (AvgIpc) is 1.59. The number of carbonyl (C=O) groups is 9. The number of alkyl carbamates (subject to hydrolysis) is 3. The van der Waals surface area contributed by atoms with Gasteiger partial charge >= 0.3 is 36.3 Å². The molecule has 10 aromatic rings. The molecule has 4 aromatic heterocycles. The first-order valence-corrected chi connectivity index (χ1v) is 46.7. The Hall–Kier alpha value is -12.9. The number of esters is 1. The number of aliphatic carboxylic acids is 1. The molecule has 6 aromatic carbocycles. The lowest BCUT2D eigenvalue weighted by Crippen LogP contribution is -2.54. The van der Waals surface area contributed by atoms with Gasteiger partial charge in [-0.3, -0.25) is 28.9 Å². The van der Waals surface area contributed by atoms with Crippen LogP contribution in [0.25, 0.3) is 88.8 Å². The summed E-state index contributed by atoms with van der Waals surface area (Å²) in [6, 6.07) is 40.5. The van der Waals surface area contributed by atoms with Gasteiger partial charge in [-0.25, -0.2) is 39.1 Å². The van der Waals surface area contributed by atoms with Gasteiger partial charge in [0.1, 0.15) is 47.0 Å². The van der Waals surface area contributed by atoms with E-state index in [2.05, 4.69) is 162 Å². The van der Waals surface area contributed by atoms with Crippen LogP contribution in [0.5, 0.6) is 0 Å². The molecule has 4 aliphatic heterocycles. The topological polar surface area (TPSA) is 384 Å². The number of carbonyl (C=O) groups excluding carboxylic acids is 8. The van der Waals surface area contributed by atoms with Gasteiger partial charge in [0.05, 0.1) is 113 Å². The number of imidazole rings is 4. The maximum atomic E-state index is 14.0. The van der Waals surface area contributed by atoms with Crippen LogP contribution in [-0.4, -0.2) is 196 Å². The van der Waals surface area contributed by atoms with Crippen LogP contribution in [0.2, 0.25) is 0 Å². The lowest BCUT2D eigenvalue weighted by Gasteiger charge is -2.37. The average molecular weight is 1800 g/mol. The molecule has 6 saturated carbocycles. The zero-order chi connectivity index (χ0) is 92.5. The lowest BCUT2D eigenvalue weighted by molar-refractivity contribution is -0.150. The van der Waals surface area contributed by atoms with E-state index >= 15 is 0 Å². The molecule has 12 atom stereocenters. The van der Waals surface area contributed by atoms with E-state index in [1.54, 1.807) is 0 Å². The zero-order valence-corrected chi connectivity index (χ0v) is 76.8. The molecular weight excluding hydrogens is 1680 g/mol. The summed E-state index contributed by atoms with van der Waals surface area (Å²) < 4.78 is 24.7. The molecule has 10 fully saturated rings. The number of aromatic amines is 4. The van der Waals surface area contributed by atoms with Crippen molar-refractivity contribution in [2.45, 2.75) is 218 Å². The van der Waals surface area contributed by atoms with Crippen LogP contribution in [0.3, 0.4) is 0 Å². The number of rotatable bonds is 23. The molecular formula is C102H119N15O15. The number of nitrogens with one attached hydrogen (secondary N) is 7. The first-order valence-electron chi connectivity index (χ1n) is 46.7. The highest BCUT2D eigenvalue weighted by atomic mass is 16.6. The number of H-pyrrole nitrogens is 4. The van der Waals surface area contributed by atoms with Crippen LogP contribution in [0, 0.1) is 52.3 Å². The summed E-state index contributed by atoms with van der Waals surface area (Å²) in [5.41, 5.74) is 11.9. The molecule has 8 heterocycles. The maximum Gasteiger partial charge on any atom is 0.410 e. The molecule has 20 rings (SSSR count). The number of carboxylic acid groups (broad SMARTS) is 1. The number of likely N-dealkylation sites (tertiary alicyclic amines) is 4. The first kappa shape index (κ1) is 89.7. The molecule has 4 saturated heterocycles. The summed E-state index contributed by atoms with van der Waals surface area (Å²) in [6.07, 6.45) is 21.3. The molecule has 2 spiro atoms. The van der Waals surface area contributed by atoms with Gasteiger partial charge in [-0.15, -0.1) is 0 Å². The smallest absolute Gasteiger partial charge is 0.410 e. The maximum absolute atomic E-state index is 14.0. The van der Waals surface area contributed by atoms with Gasteiger partial charge in [0, 0.05) is 36.3 Å². The number of ether oxygens (including phenoxy) is 5. The van der Waals surface area contributed by atoms with E-state index in [0.717, 1.165) is 221 Å². The van der Waals surface area contributed by atoms with Crippen LogP contribution in [0.4, 0.5) is 19.2 Å². The van der Waals surface area contributed by atoms with Gasteiger partial charge in [-0.2, -0.15) is 0 Å². The van der Waals surface area contributed by atoms with Crippen LogP contribution >= 0.6 is 0 Å². The van der Waals surface area contributed by atoms with E-state index in [1.165, 1.54) is 28.4 Å². The van der Waals surface area contributed by atoms with Gasteiger partial charge < -0.3 is 79.4 Å². The van der Waals surface area contributed by atoms with Gasteiger partial charge in [-0.05, 0) is 249 Å². The number of methoxy groups -OCH3 is 4. The molecule has 0 unspecified atom stereocenters. The van der Waals surface area contributed by atoms with E-state index in [1.807, 2.05) is 92.9 Å². The number of hydrogen-bond acceptors (Lipinski definition) is 18. The summed E-state index contributed by atoms with van der Waals surface area (Å²) in [4.78, 5) is 154. The Bertz CT molecular complexity index is 6030. The van der Waals surface area contributed by atoms with Crippen molar-refractivity contribution in [3.63, 3.8) is 0 Å². The van der Waals surface area contributed by atoms with Crippen LogP contribution < -0.4 is 16.0 Å². The second-order valence-electron chi connectivity index (χ2n) is 40.0. The Morgan fingerprint density at radius 1 is 0.439 bits per heavy atom. The van der Waals surface area contributed by atoms with Gasteiger partial charge in [-0.1, -0.05) is 125 Å². The predicted octanol–water partition coefficient (Wildman–Crippen LogP) is 17.7.